The summed E-state index contributed by atoms with van der Waals surface area (Å²) in [7, 11) is 1.64. The van der Waals surface area contributed by atoms with E-state index in [0.717, 1.165) is 0 Å². The van der Waals surface area contributed by atoms with E-state index in [9.17, 15) is 4.79 Å². The van der Waals surface area contributed by atoms with Gasteiger partial charge in [-0.25, -0.2) is 0 Å². The SMILES string of the molecule is COCCn1cnnc1CNC(=O)C[C@H](C)n1cccn1. The Balaban J connectivity index is 1.80. The second kappa shape index (κ2) is 7.53. The molecule has 0 bridgehead atoms. The van der Waals surface area contributed by atoms with Crippen LogP contribution in [0.2, 0.25) is 0 Å². The highest BCUT2D eigenvalue weighted by atomic mass is 16.5. The van der Waals surface area contributed by atoms with Crippen LogP contribution in [0.25, 0.3) is 0 Å². The van der Waals surface area contributed by atoms with Gasteiger partial charge >= 0.3 is 0 Å². The van der Waals surface area contributed by atoms with Crippen molar-refractivity contribution in [1.29, 1.82) is 0 Å². The lowest BCUT2D eigenvalue weighted by atomic mass is 10.2. The van der Waals surface area contributed by atoms with Gasteiger partial charge in [-0.2, -0.15) is 5.10 Å². The van der Waals surface area contributed by atoms with Crippen molar-refractivity contribution in [3.8, 4) is 0 Å². The van der Waals surface area contributed by atoms with E-state index in [1.165, 1.54) is 0 Å². The minimum absolute atomic E-state index is 0.0198. The molecule has 0 fully saturated rings. The van der Waals surface area contributed by atoms with Gasteiger partial charge in [0.1, 0.15) is 6.33 Å². The van der Waals surface area contributed by atoms with Crippen LogP contribution in [0.4, 0.5) is 0 Å². The summed E-state index contributed by atoms with van der Waals surface area (Å²) in [6, 6.07) is 1.86. The number of hydrogen-bond donors (Lipinski definition) is 1. The topological polar surface area (TPSA) is 86.9 Å². The minimum atomic E-state index is -0.0423. The van der Waals surface area contributed by atoms with Crippen molar-refractivity contribution in [1.82, 2.24) is 29.9 Å². The maximum absolute atomic E-state index is 11.9. The molecule has 1 N–H and O–H groups in total. The van der Waals surface area contributed by atoms with Crippen LogP contribution in [-0.4, -0.2) is 44.2 Å². The standard InChI is InChI=1S/C13H20N6O2/c1-11(19-5-3-4-16-19)8-13(20)14-9-12-17-15-10-18(12)6-7-21-2/h3-5,10-11H,6-9H2,1-2H3,(H,14,20)/t11-/m0/s1. The van der Waals surface area contributed by atoms with Crippen molar-refractivity contribution in [2.24, 2.45) is 0 Å². The van der Waals surface area contributed by atoms with Crippen LogP contribution in [0.3, 0.4) is 0 Å². The maximum atomic E-state index is 11.9. The third-order valence-corrected chi connectivity index (χ3v) is 3.13. The number of carbonyl (C=O) groups is 1. The molecule has 8 nitrogen and oxygen atoms in total. The molecule has 8 heteroatoms. The Morgan fingerprint density at radius 2 is 2.38 bits per heavy atom. The van der Waals surface area contributed by atoms with Crippen molar-refractivity contribution in [3.05, 3.63) is 30.6 Å². The van der Waals surface area contributed by atoms with Crippen molar-refractivity contribution < 1.29 is 9.53 Å². The molecule has 0 unspecified atom stereocenters. The first-order valence-electron chi connectivity index (χ1n) is 6.82. The van der Waals surface area contributed by atoms with Crippen molar-refractivity contribution in [2.75, 3.05) is 13.7 Å². The maximum Gasteiger partial charge on any atom is 0.222 e. The second-order valence-electron chi connectivity index (χ2n) is 4.75. The Morgan fingerprint density at radius 3 is 3.10 bits per heavy atom. The highest BCUT2D eigenvalue weighted by molar-refractivity contribution is 5.76. The van der Waals surface area contributed by atoms with Crippen molar-refractivity contribution in [2.45, 2.75) is 32.5 Å². The molecule has 0 spiro atoms. The fourth-order valence-electron chi connectivity index (χ4n) is 1.95. The smallest absolute Gasteiger partial charge is 0.222 e. The first kappa shape index (κ1) is 15.2. The van der Waals surface area contributed by atoms with Gasteiger partial charge in [0, 0.05) is 32.5 Å². The van der Waals surface area contributed by atoms with E-state index in [1.54, 1.807) is 24.3 Å². The Morgan fingerprint density at radius 1 is 1.52 bits per heavy atom. The molecule has 0 saturated carbocycles. The average Bonchev–Trinajstić information content (AvgIpc) is 3.14. The molecule has 0 aliphatic heterocycles. The molecule has 2 heterocycles. The normalized spacial score (nSPS) is 12.3. The van der Waals surface area contributed by atoms with Crippen molar-refractivity contribution >= 4 is 5.91 Å². The Hall–Kier alpha value is -2.22. The average molecular weight is 292 g/mol. The van der Waals surface area contributed by atoms with Gasteiger partial charge in [-0.3, -0.25) is 9.48 Å². The van der Waals surface area contributed by atoms with E-state index in [4.69, 9.17) is 4.74 Å². The number of rotatable bonds is 8. The molecule has 2 aromatic rings. The van der Waals surface area contributed by atoms with Gasteiger partial charge in [0.05, 0.1) is 19.2 Å². The number of nitrogens with zero attached hydrogens (tertiary/aromatic N) is 5. The van der Waals surface area contributed by atoms with E-state index in [0.29, 0.717) is 31.9 Å². The van der Waals surface area contributed by atoms with Crippen LogP contribution in [0.1, 0.15) is 25.2 Å². The molecular formula is C13H20N6O2. The van der Waals surface area contributed by atoms with Crippen LogP contribution in [0, 0.1) is 0 Å². The van der Waals surface area contributed by atoms with E-state index in [1.807, 2.05) is 23.8 Å². The molecule has 0 aliphatic carbocycles. The van der Waals surface area contributed by atoms with E-state index in [-0.39, 0.29) is 11.9 Å². The Bertz CT molecular complexity index is 551. The predicted molar refractivity (Wildman–Crippen MR) is 75.3 cm³/mol. The lowest BCUT2D eigenvalue weighted by Crippen LogP contribution is -2.27. The van der Waals surface area contributed by atoms with Gasteiger partial charge in [0.2, 0.25) is 5.91 Å². The zero-order valence-electron chi connectivity index (χ0n) is 12.3. The van der Waals surface area contributed by atoms with Crippen LogP contribution < -0.4 is 5.32 Å². The fourth-order valence-corrected chi connectivity index (χ4v) is 1.95. The molecule has 0 aromatic carbocycles. The highest BCUT2D eigenvalue weighted by Crippen LogP contribution is 2.08. The molecule has 1 amide bonds. The number of nitrogens with one attached hydrogen (secondary N) is 1. The molecule has 21 heavy (non-hydrogen) atoms. The summed E-state index contributed by atoms with van der Waals surface area (Å²) in [5.74, 6) is 0.673. The summed E-state index contributed by atoms with van der Waals surface area (Å²) in [4.78, 5) is 11.9. The molecule has 0 saturated heterocycles. The third-order valence-electron chi connectivity index (χ3n) is 3.13. The van der Waals surface area contributed by atoms with Gasteiger partial charge in [0.25, 0.3) is 0 Å². The molecule has 0 radical (unpaired) electrons. The highest BCUT2D eigenvalue weighted by Gasteiger charge is 2.12. The Labute approximate surface area is 123 Å². The predicted octanol–water partition coefficient (Wildman–Crippen LogP) is 0.388. The van der Waals surface area contributed by atoms with Gasteiger partial charge in [0.15, 0.2) is 5.82 Å². The number of aromatic nitrogens is 5. The number of carbonyl (C=O) groups excluding carboxylic acids is 1. The van der Waals surface area contributed by atoms with Crippen molar-refractivity contribution in [3.63, 3.8) is 0 Å². The lowest BCUT2D eigenvalue weighted by molar-refractivity contribution is -0.122. The number of methoxy groups -OCH3 is 1. The first-order valence-corrected chi connectivity index (χ1v) is 6.82. The second-order valence-corrected chi connectivity index (χ2v) is 4.75. The van der Waals surface area contributed by atoms with Crippen LogP contribution in [0.15, 0.2) is 24.8 Å². The molecule has 2 rings (SSSR count). The van der Waals surface area contributed by atoms with E-state index in [2.05, 4.69) is 20.6 Å². The molecule has 2 aromatic heterocycles. The molecule has 0 aliphatic rings. The summed E-state index contributed by atoms with van der Waals surface area (Å²) >= 11 is 0. The summed E-state index contributed by atoms with van der Waals surface area (Å²) in [6.07, 6.45) is 5.55. The minimum Gasteiger partial charge on any atom is -0.383 e. The Kier molecular flexibility index (Phi) is 5.44. The zero-order chi connectivity index (χ0) is 15.1. The van der Waals surface area contributed by atoms with Crippen LogP contribution in [-0.2, 0) is 22.6 Å². The summed E-state index contributed by atoms with van der Waals surface area (Å²) in [5.41, 5.74) is 0. The summed E-state index contributed by atoms with van der Waals surface area (Å²) in [6.45, 7) is 3.55. The van der Waals surface area contributed by atoms with Gasteiger partial charge < -0.3 is 14.6 Å². The number of ether oxygens (including phenoxy) is 1. The van der Waals surface area contributed by atoms with E-state index < -0.39 is 0 Å². The summed E-state index contributed by atoms with van der Waals surface area (Å²) < 4.78 is 8.64. The molecular weight excluding hydrogens is 272 g/mol. The number of amides is 1. The summed E-state index contributed by atoms with van der Waals surface area (Å²) in [5, 5.41) is 14.8. The molecule has 114 valence electrons. The fraction of sp³-hybridized carbons (Fsp3) is 0.538. The first-order chi connectivity index (χ1) is 10.2. The monoisotopic (exact) mass is 292 g/mol. The van der Waals surface area contributed by atoms with Crippen LogP contribution >= 0.6 is 0 Å². The zero-order valence-corrected chi connectivity index (χ0v) is 12.3. The quantitative estimate of drug-likeness (QED) is 0.760. The van der Waals surface area contributed by atoms with Gasteiger partial charge in [-0.15, -0.1) is 10.2 Å². The van der Waals surface area contributed by atoms with Gasteiger partial charge in [-0.1, -0.05) is 0 Å². The lowest BCUT2D eigenvalue weighted by Gasteiger charge is -2.12. The van der Waals surface area contributed by atoms with Gasteiger partial charge in [-0.05, 0) is 13.0 Å². The molecule has 1 atom stereocenters. The largest absolute Gasteiger partial charge is 0.383 e. The van der Waals surface area contributed by atoms with Crippen LogP contribution in [0.5, 0.6) is 0 Å². The number of hydrogen-bond acceptors (Lipinski definition) is 5. The third kappa shape index (κ3) is 4.38. The van der Waals surface area contributed by atoms with E-state index >= 15 is 0 Å².